The molecule has 1 aliphatic heterocycles. The van der Waals surface area contributed by atoms with E-state index in [1.54, 1.807) is 11.9 Å². The van der Waals surface area contributed by atoms with Crippen molar-refractivity contribution < 1.29 is 14.7 Å². The standard InChI is InChI=1S/C13H22N2O3/c1-15-8-10(7-11(15)17)12(18)14-13(9-16)5-3-2-4-6-13/h10,16H,2-9H2,1H3,(H,14,18). The topological polar surface area (TPSA) is 69.6 Å². The fourth-order valence-electron chi connectivity index (χ4n) is 2.95. The summed E-state index contributed by atoms with van der Waals surface area (Å²) in [5, 5.41) is 12.5. The Labute approximate surface area is 108 Å². The molecule has 2 fully saturated rings. The first-order valence-corrected chi connectivity index (χ1v) is 6.73. The molecule has 1 heterocycles. The van der Waals surface area contributed by atoms with Gasteiger partial charge in [0.25, 0.3) is 0 Å². The van der Waals surface area contributed by atoms with Gasteiger partial charge >= 0.3 is 0 Å². The molecule has 18 heavy (non-hydrogen) atoms. The number of nitrogens with one attached hydrogen (secondary N) is 1. The molecule has 1 unspecified atom stereocenters. The van der Waals surface area contributed by atoms with Gasteiger partial charge in [0.1, 0.15) is 0 Å². The van der Waals surface area contributed by atoms with E-state index >= 15 is 0 Å². The Morgan fingerprint density at radius 1 is 1.44 bits per heavy atom. The first-order valence-electron chi connectivity index (χ1n) is 6.73. The molecule has 1 aliphatic carbocycles. The van der Waals surface area contributed by atoms with Crippen LogP contribution in [0.1, 0.15) is 38.5 Å². The van der Waals surface area contributed by atoms with Gasteiger partial charge in [-0.2, -0.15) is 0 Å². The van der Waals surface area contributed by atoms with E-state index in [0.29, 0.717) is 13.0 Å². The van der Waals surface area contributed by atoms with E-state index in [-0.39, 0.29) is 24.3 Å². The summed E-state index contributed by atoms with van der Waals surface area (Å²) in [6.07, 6.45) is 5.23. The summed E-state index contributed by atoms with van der Waals surface area (Å²) < 4.78 is 0. The number of aliphatic hydroxyl groups is 1. The van der Waals surface area contributed by atoms with Crippen LogP contribution >= 0.6 is 0 Å². The molecule has 0 aromatic carbocycles. The van der Waals surface area contributed by atoms with Crippen molar-refractivity contribution in [1.82, 2.24) is 10.2 Å². The van der Waals surface area contributed by atoms with Crippen LogP contribution in [-0.4, -0.2) is 47.6 Å². The molecule has 1 atom stereocenters. The number of carbonyl (C=O) groups is 2. The zero-order chi connectivity index (χ0) is 13.2. The lowest BCUT2D eigenvalue weighted by atomic mass is 9.82. The number of hydrogen-bond donors (Lipinski definition) is 2. The normalized spacial score (nSPS) is 27.3. The lowest BCUT2D eigenvalue weighted by Crippen LogP contribution is -2.54. The van der Waals surface area contributed by atoms with E-state index in [1.807, 2.05) is 0 Å². The SMILES string of the molecule is CN1CC(C(=O)NC2(CO)CCCCC2)CC1=O. The van der Waals surface area contributed by atoms with Crippen molar-refractivity contribution in [1.29, 1.82) is 0 Å². The van der Waals surface area contributed by atoms with Crippen LogP contribution < -0.4 is 5.32 Å². The Bertz CT molecular complexity index is 337. The zero-order valence-corrected chi connectivity index (χ0v) is 10.9. The number of hydrogen-bond acceptors (Lipinski definition) is 3. The molecule has 5 nitrogen and oxygen atoms in total. The number of likely N-dealkylation sites (tertiary alicyclic amines) is 1. The highest BCUT2D eigenvalue weighted by molar-refractivity contribution is 5.89. The average molecular weight is 254 g/mol. The van der Waals surface area contributed by atoms with E-state index in [9.17, 15) is 14.7 Å². The molecule has 0 radical (unpaired) electrons. The molecular formula is C13H22N2O3. The van der Waals surface area contributed by atoms with Crippen molar-refractivity contribution in [2.75, 3.05) is 20.2 Å². The molecule has 0 aromatic rings. The number of rotatable bonds is 3. The second-order valence-electron chi connectivity index (χ2n) is 5.66. The summed E-state index contributed by atoms with van der Waals surface area (Å²) in [4.78, 5) is 25.2. The molecule has 2 aliphatic rings. The van der Waals surface area contributed by atoms with Crippen molar-refractivity contribution in [3.05, 3.63) is 0 Å². The van der Waals surface area contributed by atoms with E-state index in [2.05, 4.69) is 5.32 Å². The van der Waals surface area contributed by atoms with Crippen LogP contribution in [0.5, 0.6) is 0 Å². The third-order valence-electron chi connectivity index (χ3n) is 4.21. The Balaban J connectivity index is 1.95. The molecule has 0 spiro atoms. The monoisotopic (exact) mass is 254 g/mol. The van der Waals surface area contributed by atoms with Crippen molar-refractivity contribution in [3.8, 4) is 0 Å². The lowest BCUT2D eigenvalue weighted by Gasteiger charge is -2.37. The van der Waals surface area contributed by atoms with Crippen LogP contribution in [0.2, 0.25) is 0 Å². The van der Waals surface area contributed by atoms with Gasteiger partial charge in [0.15, 0.2) is 0 Å². The molecule has 2 amide bonds. The second kappa shape index (κ2) is 5.26. The van der Waals surface area contributed by atoms with Gasteiger partial charge < -0.3 is 15.3 Å². The van der Waals surface area contributed by atoms with E-state index < -0.39 is 5.54 Å². The predicted octanol–water partition coefficient (Wildman–Crippen LogP) is 0.276. The van der Waals surface area contributed by atoms with Gasteiger partial charge in [-0.25, -0.2) is 0 Å². The zero-order valence-electron chi connectivity index (χ0n) is 10.9. The average Bonchev–Trinajstić information content (AvgIpc) is 2.71. The van der Waals surface area contributed by atoms with E-state index in [0.717, 1.165) is 25.7 Å². The number of amides is 2. The van der Waals surface area contributed by atoms with Crippen molar-refractivity contribution in [2.24, 2.45) is 5.92 Å². The maximum absolute atomic E-state index is 12.2. The maximum atomic E-state index is 12.2. The Kier molecular flexibility index (Phi) is 3.90. The van der Waals surface area contributed by atoms with Crippen molar-refractivity contribution >= 4 is 11.8 Å². The minimum atomic E-state index is -0.445. The molecule has 1 saturated heterocycles. The highest BCUT2D eigenvalue weighted by atomic mass is 16.3. The van der Waals surface area contributed by atoms with Crippen molar-refractivity contribution in [2.45, 2.75) is 44.1 Å². The predicted molar refractivity (Wildman–Crippen MR) is 66.8 cm³/mol. The molecular weight excluding hydrogens is 232 g/mol. The highest BCUT2D eigenvalue weighted by Crippen LogP contribution is 2.28. The molecule has 0 aromatic heterocycles. The molecule has 0 bridgehead atoms. The van der Waals surface area contributed by atoms with Crippen LogP contribution in [0.4, 0.5) is 0 Å². The summed E-state index contributed by atoms with van der Waals surface area (Å²) in [6, 6.07) is 0. The molecule has 2 rings (SSSR count). The van der Waals surface area contributed by atoms with E-state index in [1.165, 1.54) is 6.42 Å². The smallest absolute Gasteiger partial charge is 0.225 e. The first kappa shape index (κ1) is 13.3. The minimum Gasteiger partial charge on any atom is -0.394 e. The first-order chi connectivity index (χ1) is 8.56. The third kappa shape index (κ3) is 2.66. The fourth-order valence-corrected chi connectivity index (χ4v) is 2.95. The van der Waals surface area contributed by atoms with Crippen LogP contribution in [0, 0.1) is 5.92 Å². The van der Waals surface area contributed by atoms with Crippen molar-refractivity contribution in [3.63, 3.8) is 0 Å². The largest absolute Gasteiger partial charge is 0.394 e. The van der Waals surface area contributed by atoms with Crippen LogP contribution in [0.25, 0.3) is 0 Å². The molecule has 2 N–H and O–H groups in total. The van der Waals surface area contributed by atoms with Crippen LogP contribution in [-0.2, 0) is 9.59 Å². The van der Waals surface area contributed by atoms with Gasteiger partial charge in [-0.15, -0.1) is 0 Å². The lowest BCUT2D eigenvalue weighted by molar-refractivity contribution is -0.129. The summed E-state index contributed by atoms with van der Waals surface area (Å²) >= 11 is 0. The number of nitrogens with zero attached hydrogens (tertiary/aromatic N) is 1. The van der Waals surface area contributed by atoms with Crippen LogP contribution in [0.3, 0.4) is 0 Å². The number of aliphatic hydroxyl groups excluding tert-OH is 1. The molecule has 1 saturated carbocycles. The minimum absolute atomic E-state index is 0.00472. The third-order valence-corrected chi connectivity index (χ3v) is 4.21. The number of carbonyl (C=O) groups excluding carboxylic acids is 2. The van der Waals surface area contributed by atoms with Gasteiger partial charge in [-0.05, 0) is 12.8 Å². The maximum Gasteiger partial charge on any atom is 0.225 e. The highest BCUT2D eigenvalue weighted by Gasteiger charge is 2.38. The Morgan fingerprint density at radius 2 is 2.11 bits per heavy atom. The van der Waals surface area contributed by atoms with Gasteiger partial charge in [0.05, 0.1) is 18.1 Å². The fraction of sp³-hybridized carbons (Fsp3) is 0.846. The Morgan fingerprint density at radius 3 is 2.61 bits per heavy atom. The second-order valence-corrected chi connectivity index (χ2v) is 5.66. The van der Waals surface area contributed by atoms with Gasteiger partial charge in [-0.3, -0.25) is 9.59 Å². The Hall–Kier alpha value is -1.10. The summed E-state index contributed by atoms with van der Waals surface area (Å²) in [5.74, 6) is -0.312. The summed E-state index contributed by atoms with van der Waals surface area (Å²) in [5.41, 5.74) is -0.445. The quantitative estimate of drug-likeness (QED) is 0.760. The summed E-state index contributed by atoms with van der Waals surface area (Å²) in [6.45, 7) is 0.488. The van der Waals surface area contributed by atoms with Gasteiger partial charge in [0.2, 0.25) is 11.8 Å². The van der Waals surface area contributed by atoms with Crippen LogP contribution in [0.15, 0.2) is 0 Å². The summed E-state index contributed by atoms with van der Waals surface area (Å²) in [7, 11) is 1.72. The van der Waals surface area contributed by atoms with Gasteiger partial charge in [0, 0.05) is 20.0 Å². The molecule has 102 valence electrons. The van der Waals surface area contributed by atoms with E-state index in [4.69, 9.17) is 0 Å². The van der Waals surface area contributed by atoms with Gasteiger partial charge in [-0.1, -0.05) is 19.3 Å². The molecule has 5 heteroatoms.